The monoisotopic (exact) mass is 502 g/mol. The van der Waals surface area contributed by atoms with Crippen molar-refractivity contribution in [1.29, 1.82) is 0 Å². The Labute approximate surface area is 206 Å². The van der Waals surface area contributed by atoms with Crippen LogP contribution in [0.4, 0.5) is 0 Å². The average molecular weight is 503 g/mol. The van der Waals surface area contributed by atoms with Gasteiger partial charge in [0.15, 0.2) is 16.7 Å². The van der Waals surface area contributed by atoms with Gasteiger partial charge in [-0.2, -0.15) is 0 Å². The highest BCUT2D eigenvalue weighted by atomic mass is 35.5. The molecule has 1 heterocycles. The molecule has 9 nitrogen and oxygen atoms in total. The summed E-state index contributed by atoms with van der Waals surface area (Å²) in [6.45, 7) is 3.93. The van der Waals surface area contributed by atoms with Crippen molar-refractivity contribution in [2.75, 3.05) is 26.9 Å². The van der Waals surface area contributed by atoms with Crippen LogP contribution in [0.5, 0.6) is 17.2 Å². The highest BCUT2D eigenvalue weighted by Crippen LogP contribution is 2.43. The normalized spacial score (nSPS) is 11.5. The molecule has 178 valence electrons. The molecule has 0 fully saturated rings. The lowest BCUT2D eigenvalue weighted by molar-refractivity contribution is -0.479. The zero-order valence-corrected chi connectivity index (χ0v) is 20.4. The van der Waals surface area contributed by atoms with Gasteiger partial charge in [-0.05, 0) is 55.8 Å². The van der Waals surface area contributed by atoms with Gasteiger partial charge in [-0.25, -0.2) is 0 Å². The van der Waals surface area contributed by atoms with E-state index in [1.807, 2.05) is 42.7 Å². The number of halogens is 1. The van der Waals surface area contributed by atoms with Crippen molar-refractivity contribution < 1.29 is 19.1 Å². The summed E-state index contributed by atoms with van der Waals surface area (Å²) in [6.07, 6.45) is 5.26. The first-order valence-electron chi connectivity index (χ1n) is 10.2. The molecule has 34 heavy (non-hydrogen) atoms. The van der Waals surface area contributed by atoms with E-state index in [2.05, 4.69) is 16.1 Å². The van der Waals surface area contributed by atoms with Gasteiger partial charge in [-0.1, -0.05) is 29.3 Å². The third-order valence-electron chi connectivity index (χ3n) is 4.69. The molecule has 0 radical (unpaired) electrons. The highest BCUT2D eigenvalue weighted by Gasteiger charge is 2.26. The minimum Gasteiger partial charge on any atom is -0.494 e. The number of ether oxygens (including phenoxy) is 3. The summed E-state index contributed by atoms with van der Waals surface area (Å²) in [7, 11) is 1.46. The molecule has 1 atom stereocenters. The van der Waals surface area contributed by atoms with Gasteiger partial charge in [0, 0.05) is 10.6 Å². The number of thioether (sulfide) groups is 1. The van der Waals surface area contributed by atoms with Gasteiger partial charge in [0.1, 0.15) is 23.4 Å². The lowest BCUT2D eigenvalue weighted by Crippen LogP contribution is -2.12. The number of aryl methyl sites for hydroxylation is 1. The number of aromatic nitrogens is 3. The molecule has 0 aliphatic rings. The maximum absolute atomic E-state index is 11.5. The lowest BCUT2D eigenvalue weighted by atomic mass is 10.1. The van der Waals surface area contributed by atoms with E-state index in [0.29, 0.717) is 28.9 Å². The van der Waals surface area contributed by atoms with Crippen LogP contribution < -0.4 is 14.2 Å². The minimum atomic E-state index is -0.631. The second-order valence-corrected chi connectivity index (χ2v) is 8.52. The van der Waals surface area contributed by atoms with Crippen LogP contribution in [0.25, 0.3) is 5.69 Å². The molecule has 0 spiro atoms. The quantitative estimate of drug-likeness (QED) is 0.160. The van der Waals surface area contributed by atoms with Crippen molar-refractivity contribution in [3.63, 3.8) is 0 Å². The summed E-state index contributed by atoms with van der Waals surface area (Å²) < 4.78 is 18.2. The van der Waals surface area contributed by atoms with Crippen LogP contribution in [-0.4, -0.2) is 46.6 Å². The molecule has 3 rings (SSSR count). The van der Waals surface area contributed by atoms with Gasteiger partial charge in [0.05, 0.1) is 18.7 Å². The van der Waals surface area contributed by atoms with Gasteiger partial charge in [-0.3, -0.25) is 14.7 Å². The molecule has 0 bridgehead atoms. The number of nitro groups is 1. The molecule has 0 aliphatic carbocycles. The van der Waals surface area contributed by atoms with E-state index in [1.165, 1.54) is 18.9 Å². The summed E-state index contributed by atoms with van der Waals surface area (Å²) in [5.41, 5.74) is 1.39. The van der Waals surface area contributed by atoms with E-state index in [-0.39, 0.29) is 28.8 Å². The van der Waals surface area contributed by atoms with E-state index in [9.17, 15) is 10.1 Å². The molecule has 0 amide bonds. The van der Waals surface area contributed by atoms with Gasteiger partial charge in [-0.15, -0.1) is 16.6 Å². The summed E-state index contributed by atoms with van der Waals surface area (Å²) in [5, 5.41) is 20.0. The van der Waals surface area contributed by atoms with Crippen molar-refractivity contribution in [3.8, 4) is 35.3 Å². The summed E-state index contributed by atoms with van der Waals surface area (Å²) in [6, 6.07) is 10.7. The Bertz CT molecular complexity index is 1190. The summed E-state index contributed by atoms with van der Waals surface area (Å²) in [4.78, 5) is 11.1. The third kappa shape index (κ3) is 5.92. The molecule has 0 N–H and O–H groups in total. The second-order valence-electron chi connectivity index (χ2n) is 6.94. The number of methoxy groups -OCH3 is 1. The van der Waals surface area contributed by atoms with E-state index >= 15 is 0 Å². The average Bonchev–Trinajstić information content (AvgIpc) is 3.17. The van der Waals surface area contributed by atoms with Crippen molar-refractivity contribution in [3.05, 3.63) is 62.9 Å². The predicted octanol–water partition coefficient (Wildman–Crippen LogP) is 4.76. The van der Waals surface area contributed by atoms with Crippen LogP contribution in [0.1, 0.15) is 23.6 Å². The molecule has 0 saturated heterocycles. The van der Waals surface area contributed by atoms with Crippen LogP contribution >= 0.6 is 23.4 Å². The molecule has 0 unspecified atom stereocenters. The Morgan fingerprint density at radius 2 is 2.00 bits per heavy atom. The molecule has 1 aromatic heterocycles. The fourth-order valence-corrected chi connectivity index (χ4v) is 4.66. The van der Waals surface area contributed by atoms with E-state index < -0.39 is 5.25 Å². The number of hydrogen-bond acceptors (Lipinski definition) is 8. The highest BCUT2D eigenvalue weighted by molar-refractivity contribution is 7.99. The maximum atomic E-state index is 11.5. The lowest BCUT2D eigenvalue weighted by Gasteiger charge is -2.17. The summed E-state index contributed by atoms with van der Waals surface area (Å²) >= 11 is 7.61. The molecule has 2 aromatic carbocycles. The standard InChI is InChI=1S/C23H23ClN4O5S/c1-5-11-33-22-19(24)12-16(13-20(22)31-4)21(14-27(29)30)34-23-26-25-15(3)28(23)17-7-9-18(10-8-17)32-6-2/h1,7-10,12-13,21H,6,11,14H2,2-4H3/t21-/m1/s1. The zero-order chi connectivity index (χ0) is 24.7. The van der Waals surface area contributed by atoms with Gasteiger partial charge in [0.2, 0.25) is 6.54 Å². The van der Waals surface area contributed by atoms with Gasteiger partial charge < -0.3 is 14.2 Å². The van der Waals surface area contributed by atoms with Crippen LogP contribution in [0, 0.1) is 29.4 Å². The largest absolute Gasteiger partial charge is 0.494 e. The fraction of sp³-hybridized carbons (Fsp3) is 0.304. The number of rotatable bonds is 11. The SMILES string of the molecule is C#CCOc1c(Cl)cc([C@@H](C[N+](=O)[O-])Sc2nnc(C)n2-c2ccc(OCC)cc2)cc1OC. The molecule has 3 aromatic rings. The van der Waals surface area contributed by atoms with Crippen molar-refractivity contribution >= 4 is 23.4 Å². The van der Waals surface area contributed by atoms with Crippen molar-refractivity contribution in [1.82, 2.24) is 14.8 Å². The van der Waals surface area contributed by atoms with Crippen LogP contribution in [0.3, 0.4) is 0 Å². The van der Waals surface area contributed by atoms with Crippen LogP contribution in [0.2, 0.25) is 5.02 Å². The number of hydrogen-bond donors (Lipinski definition) is 0. The predicted molar refractivity (Wildman–Crippen MR) is 130 cm³/mol. The first kappa shape index (κ1) is 25.2. The molecule has 11 heteroatoms. The zero-order valence-electron chi connectivity index (χ0n) is 18.9. The topological polar surface area (TPSA) is 102 Å². The fourth-order valence-electron chi connectivity index (χ4n) is 3.23. The van der Waals surface area contributed by atoms with E-state index in [0.717, 1.165) is 11.4 Å². The Kier molecular flexibility index (Phi) is 8.62. The summed E-state index contributed by atoms with van der Waals surface area (Å²) in [5.74, 6) is 4.36. The van der Waals surface area contributed by atoms with Crippen LogP contribution in [-0.2, 0) is 0 Å². The van der Waals surface area contributed by atoms with E-state index in [1.54, 1.807) is 12.1 Å². The second kappa shape index (κ2) is 11.6. The third-order valence-corrected chi connectivity index (χ3v) is 6.15. The Balaban J connectivity index is 1.98. The number of nitrogens with zero attached hydrogens (tertiary/aromatic N) is 4. The minimum absolute atomic E-state index is 0.00692. The van der Waals surface area contributed by atoms with Crippen LogP contribution in [0.15, 0.2) is 41.6 Å². The van der Waals surface area contributed by atoms with E-state index in [4.69, 9.17) is 32.2 Å². The maximum Gasteiger partial charge on any atom is 0.220 e. The first-order valence-corrected chi connectivity index (χ1v) is 11.5. The van der Waals surface area contributed by atoms with Gasteiger partial charge >= 0.3 is 0 Å². The first-order chi connectivity index (χ1) is 16.4. The van der Waals surface area contributed by atoms with Crippen molar-refractivity contribution in [2.24, 2.45) is 0 Å². The number of benzene rings is 2. The van der Waals surface area contributed by atoms with Crippen molar-refractivity contribution in [2.45, 2.75) is 24.3 Å². The molecular weight excluding hydrogens is 480 g/mol. The number of terminal acetylenes is 1. The molecule has 0 saturated carbocycles. The Morgan fingerprint density at radius 1 is 1.26 bits per heavy atom. The molecular formula is C23H23ClN4O5S. The molecule has 0 aliphatic heterocycles. The van der Waals surface area contributed by atoms with Gasteiger partial charge in [0.25, 0.3) is 0 Å². The smallest absolute Gasteiger partial charge is 0.220 e. The Hall–Kier alpha value is -3.42. The Morgan fingerprint density at radius 3 is 2.62 bits per heavy atom.